The van der Waals surface area contributed by atoms with E-state index in [9.17, 15) is 9.59 Å². The van der Waals surface area contributed by atoms with E-state index in [-0.39, 0.29) is 16.7 Å². The first-order valence-corrected chi connectivity index (χ1v) is 9.87. The van der Waals surface area contributed by atoms with Crippen molar-refractivity contribution in [3.63, 3.8) is 0 Å². The fraction of sp³-hybridized carbons (Fsp3) is 0.579. The van der Waals surface area contributed by atoms with Crippen molar-refractivity contribution in [3.05, 3.63) is 41.6 Å². The van der Waals surface area contributed by atoms with Crippen LogP contribution in [-0.4, -0.2) is 32.6 Å². The monoisotopic (exact) mass is 399 g/mol. The van der Waals surface area contributed by atoms with Crippen LogP contribution in [0.1, 0.15) is 37.3 Å². The van der Waals surface area contributed by atoms with Crippen LogP contribution in [0.3, 0.4) is 0 Å². The third-order valence-electron chi connectivity index (χ3n) is 4.85. The van der Waals surface area contributed by atoms with Crippen LogP contribution in [0.15, 0.2) is 9.59 Å². The first kappa shape index (κ1) is 19.8. The maximum atomic E-state index is 12.1. The van der Waals surface area contributed by atoms with Crippen LogP contribution < -0.4 is 16.2 Å². The standard InChI is InChI=1S/C19H23Cl2NO4/c1-2-22-8-6-11-12(7-10-26-13-5-3-4-9-25-13)16(20)17(21)15-14(11)18(23)19(15)24/h13,22H,2-10H2,1H3. The molecule has 1 N–H and O–H groups in total. The molecule has 1 unspecified atom stereocenters. The molecule has 2 aromatic rings. The highest BCUT2D eigenvalue weighted by molar-refractivity contribution is 6.46. The molecule has 1 aliphatic rings. The average Bonchev–Trinajstić information content (AvgIpc) is 2.66. The van der Waals surface area contributed by atoms with E-state index in [1.54, 1.807) is 0 Å². The molecule has 142 valence electrons. The van der Waals surface area contributed by atoms with E-state index in [1.165, 1.54) is 0 Å². The number of rotatable bonds is 8. The first-order chi connectivity index (χ1) is 12.6. The number of fused-ring (bicyclic) bond motifs is 1. The quantitative estimate of drug-likeness (QED) is 0.545. The Bertz CT molecular complexity index is 852. The minimum atomic E-state index is -0.546. The smallest absolute Gasteiger partial charge is 0.235 e. The Morgan fingerprint density at radius 2 is 1.85 bits per heavy atom. The molecule has 1 saturated heterocycles. The molecule has 0 aliphatic carbocycles. The van der Waals surface area contributed by atoms with Gasteiger partial charge < -0.3 is 14.8 Å². The molecule has 1 aliphatic heterocycles. The summed E-state index contributed by atoms with van der Waals surface area (Å²) in [5.41, 5.74) is 0.593. The molecule has 0 spiro atoms. The average molecular weight is 400 g/mol. The van der Waals surface area contributed by atoms with E-state index in [1.807, 2.05) is 6.92 Å². The number of nitrogens with one attached hydrogen (secondary N) is 1. The summed E-state index contributed by atoms with van der Waals surface area (Å²) in [7, 11) is 0. The van der Waals surface area contributed by atoms with Gasteiger partial charge >= 0.3 is 0 Å². The molecule has 0 bridgehead atoms. The number of benzene rings is 1. The summed E-state index contributed by atoms with van der Waals surface area (Å²) in [6, 6.07) is 0. The molecule has 1 heterocycles. The van der Waals surface area contributed by atoms with Crippen LogP contribution in [0, 0.1) is 0 Å². The maximum Gasteiger partial charge on any atom is 0.235 e. The Morgan fingerprint density at radius 3 is 2.54 bits per heavy atom. The van der Waals surface area contributed by atoms with Crippen molar-refractivity contribution >= 4 is 34.0 Å². The SMILES string of the molecule is CCNCCc1c(CCOC2CCCCO2)c(Cl)c(Cl)c2c(=O)c(=O)c12. The molecule has 7 heteroatoms. The first-order valence-electron chi connectivity index (χ1n) is 9.11. The molecule has 3 rings (SSSR count). The number of likely N-dealkylation sites (N-methyl/N-ethyl adjacent to an activating group) is 1. The summed E-state index contributed by atoms with van der Waals surface area (Å²) in [6.45, 7) is 4.69. The van der Waals surface area contributed by atoms with Crippen molar-refractivity contribution in [3.8, 4) is 0 Å². The van der Waals surface area contributed by atoms with Gasteiger partial charge in [-0.1, -0.05) is 30.1 Å². The lowest BCUT2D eigenvalue weighted by atomic mass is 9.91. The second kappa shape index (κ2) is 8.81. The van der Waals surface area contributed by atoms with Gasteiger partial charge in [0.15, 0.2) is 6.29 Å². The van der Waals surface area contributed by atoms with Gasteiger partial charge in [0.1, 0.15) is 0 Å². The molecule has 0 aromatic heterocycles. The van der Waals surface area contributed by atoms with Crippen molar-refractivity contribution in [2.24, 2.45) is 0 Å². The third-order valence-corrected chi connectivity index (χ3v) is 5.74. The van der Waals surface area contributed by atoms with E-state index >= 15 is 0 Å². The Morgan fingerprint density at radius 1 is 1.08 bits per heavy atom. The summed E-state index contributed by atoms with van der Waals surface area (Å²) in [6.07, 6.45) is 4.00. The van der Waals surface area contributed by atoms with Gasteiger partial charge in [0, 0.05) is 12.0 Å². The van der Waals surface area contributed by atoms with Crippen molar-refractivity contribution in [2.75, 3.05) is 26.3 Å². The van der Waals surface area contributed by atoms with Gasteiger partial charge in [-0.3, -0.25) is 9.59 Å². The minimum absolute atomic E-state index is 0.182. The molecule has 0 radical (unpaired) electrons. The fourth-order valence-electron chi connectivity index (χ4n) is 3.48. The zero-order valence-corrected chi connectivity index (χ0v) is 16.3. The van der Waals surface area contributed by atoms with Crippen molar-refractivity contribution < 1.29 is 9.47 Å². The van der Waals surface area contributed by atoms with E-state index < -0.39 is 10.9 Å². The Kier molecular flexibility index (Phi) is 6.70. The van der Waals surface area contributed by atoms with Gasteiger partial charge in [-0.25, -0.2) is 0 Å². The fourth-order valence-corrected chi connectivity index (χ4v) is 4.07. The summed E-state index contributed by atoms with van der Waals surface area (Å²) in [5, 5.41) is 4.48. The Labute approximate surface area is 162 Å². The van der Waals surface area contributed by atoms with Crippen molar-refractivity contribution in [1.29, 1.82) is 0 Å². The minimum Gasteiger partial charge on any atom is -0.353 e. The van der Waals surface area contributed by atoms with Crippen LogP contribution >= 0.6 is 23.2 Å². The summed E-state index contributed by atoms with van der Waals surface area (Å²) in [4.78, 5) is 24.0. The van der Waals surface area contributed by atoms with E-state index in [0.717, 1.165) is 43.5 Å². The molecular weight excluding hydrogens is 377 g/mol. The van der Waals surface area contributed by atoms with Crippen LogP contribution in [0.2, 0.25) is 10.0 Å². The normalized spacial score (nSPS) is 18.0. The second-order valence-electron chi connectivity index (χ2n) is 6.51. The van der Waals surface area contributed by atoms with Crippen LogP contribution in [-0.2, 0) is 22.3 Å². The zero-order chi connectivity index (χ0) is 18.7. The lowest BCUT2D eigenvalue weighted by Gasteiger charge is -2.23. The molecule has 0 saturated carbocycles. The Hall–Kier alpha value is -0.980. The van der Waals surface area contributed by atoms with Gasteiger partial charge in [-0.05, 0) is 56.3 Å². The largest absolute Gasteiger partial charge is 0.353 e. The molecule has 26 heavy (non-hydrogen) atoms. The maximum absolute atomic E-state index is 12.1. The summed E-state index contributed by atoms with van der Waals surface area (Å²) < 4.78 is 11.4. The van der Waals surface area contributed by atoms with Gasteiger partial charge in [-0.2, -0.15) is 0 Å². The van der Waals surface area contributed by atoms with Crippen molar-refractivity contribution in [1.82, 2.24) is 5.32 Å². The van der Waals surface area contributed by atoms with Gasteiger partial charge in [0.2, 0.25) is 10.9 Å². The predicted molar refractivity (Wildman–Crippen MR) is 104 cm³/mol. The molecular formula is C19H23Cl2NO4. The number of hydrogen-bond donors (Lipinski definition) is 1. The van der Waals surface area contributed by atoms with Gasteiger partial charge in [-0.15, -0.1) is 0 Å². The van der Waals surface area contributed by atoms with Gasteiger partial charge in [0.05, 0.1) is 22.0 Å². The molecule has 2 aromatic carbocycles. The lowest BCUT2D eigenvalue weighted by molar-refractivity contribution is -0.161. The topological polar surface area (TPSA) is 64.6 Å². The van der Waals surface area contributed by atoms with Crippen molar-refractivity contribution in [2.45, 2.75) is 45.3 Å². The van der Waals surface area contributed by atoms with E-state index in [2.05, 4.69) is 5.32 Å². The van der Waals surface area contributed by atoms with E-state index in [4.69, 9.17) is 32.7 Å². The zero-order valence-electron chi connectivity index (χ0n) is 14.8. The molecule has 0 amide bonds. The Balaban J connectivity index is 1.85. The van der Waals surface area contributed by atoms with E-state index in [0.29, 0.717) is 36.4 Å². The molecule has 1 fully saturated rings. The van der Waals surface area contributed by atoms with Gasteiger partial charge in [0.25, 0.3) is 0 Å². The lowest BCUT2D eigenvalue weighted by Crippen LogP contribution is -2.33. The molecule has 5 nitrogen and oxygen atoms in total. The number of halogens is 2. The van der Waals surface area contributed by atoms with Crippen LogP contribution in [0.5, 0.6) is 0 Å². The predicted octanol–water partition coefficient (Wildman–Crippen LogP) is 2.98. The van der Waals surface area contributed by atoms with Crippen LogP contribution in [0.4, 0.5) is 0 Å². The summed E-state index contributed by atoms with van der Waals surface area (Å²) >= 11 is 12.7. The number of hydrogen-bond acceptors (Lipinski definition) is 5. The second-order valence-corrected chi connectivity index (χ2v) is 7.27. The highest BCUT2D eigenvalue weighted by atomic mass is 35.5. The van der Waals surface area contributed by atoms with Crippen LogP contribution in [0.25, 0.3) is 10.8 Å². The highest BCUT2D eigenvalue weighted by Gasteiger charge is 2.26. The number of ether oxygens (including phenoxy) is 2. The molecule has 1 atom stereocenters. The third kappa shape index (κ3) is 3.82. The highest BCUT2D eigenvalue weighted by Crippen LogP contribution is 2.36. The summed E-state index contributed by atoms with van der Waals surface area (Å²) in [5.74, 6) is 0.